The van der Waals surface area contributed by atoms with Crippen LogP contribution in [0.3, 0.4) is 0 Å². The van der Waals surface area contributed by atoms with Gasteiger partial charge >= 0.3 is 0 Å². The van der Waals surface area contributed by atoms with Crippen LogP contribution in [0.5, 0.6) is 0 Å². The lowest BCUT2D eigenvalue weighted by Crippen LogP contribution is -2.30. The summed E-state index contributed by atoms with van der Waals surface area (Å²) in [5.41, 5.74) is 2.73. The second kappa shape index (κ2) is 7.84. The van der Waals surface area contributed by atoms with Crippen molar-refractivity contribution in [2.75, 3.05) is 0 Å². The minimum Gasteiger partial charge on any atom is -0.266 e. The Hall–Kier alpha value is -4.14. The summed E-state index contributed by atoms with van der Waals surface area (Å²) < 4.78 is 0. The van der Waals surface area contributed by atoms with Gasteiger partial charge in [0.15, 0.2) is 0 Å². The van der Waals surface area contributed by atoms with Crippen molar-refractivity contribution in [2.45, 2.75) is 13.2 Å². The normalized spacial score (nSPS) is 14.9. The molecule has 0 N–H and O–H groups in total. The number of hydroxylamine groups is 4. The van der Waals surface area contributed by atoms with Gasteiger partial charge in [0.1, 0.15) is 13.2 Å². The molecule has 4 amide bonds. The third-order valence-electron chi connectivity index (χ3n) is 5.26. The summed E-state index contributed by atoms with van der Waals surface area (Å²) in [4.78, 5) is 60.2. The highest BCUT2D eigenvalue weighted by Crippen LogP contribution is 2.25. The third kappa shape index (κ3) is 3.27. The van der Waals surface area contributed by atoms with Crippen LogP contribution in [0.15, 0.2) is 72.8 Å². The number of hydrogen-bond donors (Lipinski definition) is 0. The van der Waals surface area contributed by atoms with E-state index in [9.17, 15) is 19.2 Å². The number of fused-ring (bicyclic) bond motifs is 2. The molecule has 5 rings (SSSR count). The standard InChI is InChI=1S/C24H16N2O6/c27-21-17-5-1-2-6-18(17)22(28)25(21)31-13-15-9-11-16(12-10-15)14-32-26-23(29)19-7-3-4-8-20(19)24(26)30/h1-12H,13-14H2. The fourth-order valence-electron chi connectivity index (χ4n) is 3.58. The number of benzene rings is 3. The van der Waals surface area contributed by atoms with Crippen molar-refractivity contribution in [1.29, 1.82) is 0 Å². The fraction of sp³-hybridized carbons (Fsp3) is 0.0833. The summed E-state index contributed by atoms with van der Waals surface area (Å²) in [5.74, 6) is -1.96. The van der Waals surface area contributed by atoms with E-state index in [0.29, 0.717) is 22.3 Å². The molecular weight excluding hydrogens is 412 g/mol. The topological polar surface area (TPSA) is 93.2 Å². The molecule has 0 atom stereocenters. The molecule has 2 aliphatic heterocycles. The fourth-order valence-corrected chi connectivity index (χ4v) is 3.58. The van der Waals surface area contributed by atoms with Gasteiger partial charge < -0.3 is 0 Å². The maximum Gasteiger partial charge on any atom is 0.285 e. The summed E-state index contributed by atoms with van der Waals surface area (Å²) in [7, 11) is 0. The van der Waals surface area contributed by atoms with Gasteiger partial charge in [0.05, 0.1) is 22.3 Å². The highest BCUT2D eigenvalue weighted by atomic mass is 16.7. The van der Waals surface area contributed by atoms with E-state index in [1.807, 2.05) is 0 Å². The molecule has 8 heteroatoms. The number of carbonyl (C=O) groups is 4. The molecule has 8 nitrogen and oxygen atoms in total. The maximum atomic E-state index is 12.3. The molecule has 0 saturated carbocycles. The molecule has 0 aromatic heterocycles. The van der Waals surface area contributed by atoms with E-state index in [0.717, 1.165) is 21.3 Å². The number of nitrogens with zero attached hydrogens (tertiary/aromatic N) is 2. The molecular formula is C24H16N2O6. The zero-order valence-electron chi connectivity index (χ0n) is 16.7. The second-order valence-electron chi connectivity index (χ2n) is 7.26. The van der Waals surface area contributed by atoms with Crippen LogP contribution in [-0.2, 0) is 22.9 Å². The first-order chi connectivity index (χ1) is 15.5. The highest BCUT2D eigenvalue weighted by Gasteiger charge is 2.37. The van der Waals surface area contributed by atoms with Gasteiger partial charge in [0.2, 0.25) is 0 Å². The van der Waals surface area contributed by atoms with Crippen molar-refractivity contribution in [3.8, 4) is 0 Å². The van der Waals surface area contributed by atoms with Crippen LogP contribution in [-0.4, -0.2) is 33.8 Å². The van der Waals surface area contributed by atoms with Gasteiger partial charge in [-0.15, -0.1) is 10.1 Å². The minimum absolute atomic E-state index is 0.0189. The first-order valence-electron chi connectivity index (χ1n) is 9.84. The smallest absolute Gasteiger partial charge is 0.266 e. The van der Waals surface area contributed by atoms with Crippen molar-refractivity contribution >= 4 is 23.6 Å². The van der Waals surface area contributed by atoms with Gasteiger partial charge in [0, 0.05) is 0 Å². The molecule has 0 bridgehead atoms. The summed E-state index contributed by atoms with van der Waals surface area (Å²) >= 11 is 0. The summed E-state index contributed by atoms with van der Waals surface area (Å²) in [6.07, 6.45) is 0. The second-order valence-corrected chi connectivity index (χ2v) is 7.26. The Labute approximate surface area is 182 Å². The molecule has 3 aromatic carbocycles. The van der Waals surface area contributed by atoms with Crippen LogP contribution in [0.25, 0.3) is 0 Å². The largest absolute Gasteiger partial charge is 0.285 e. The van der Waals surface area contributed by atoms with Crippen LogP contribution in [0.1, 0.15) is 52.6 Å². The Kier molecular flexibility index (Phi) is 4.85. The van der Waals surface area contributed by atoms with Gasteiger partial charge in [-0.25, -0.2) is 0 Å². The molecule has 2 heterocycles. The lowest BCUT2D eigenvalue weighted by molar-refractivity contribution is -0.102. The van der Waals surface area contributed by atoms with E-state index in [4.69, 9.17) is 9.68 Å². The van der Waals surface area contributed by atoms with Crippen LogP contribution >= 0.6 is 0 Å². The monoisotopic (exact) mass is 428 g/mol. The van der Waals surface area contributed by atoms with E-state index >= 15 is 0 Å². The predicted molar refractivity (Wildman–Crippen MR) is 110 cm³/mol. The zero-order chi connectivity index (χ0) is 22.2. The molecule has 0 radical (unpaired) electrons. The van der Waals surface area contributed by atoms with Crippen molar-refractivity contribution in [3.05, 3.63) is 106 Å². The average molecular weight is 428 g/mol. The van der Waals surface area contributed by atoms with E-state index in [2.05, 4.69) is 0 Å². The number of imide groups is 2. The zero-order valence-corrected chi connectivity index (χ0v) is 16.7. The van der Waals surface area contributed by atoms with Crippen LogP contribution < -0.4 is 0 Å². The first kappa shape index (κ1) is 19.8. The Balaban J connectivity index is 1.18. The van der Waals surface area contributed by atoms with Gasteiger partial charge in [-0.1, -0.05) is 48.5 Å². The van der Waals surface area contributed by atoms with Gasteiger partial charge in [-0.05, 0) is 35.4 Å². The summed E-state index contributed by atoms with van der Waals surface area (Å²) in [6.45, 7) is 0.0377. The number of rotatable bonds is 6. The third-order valence-corrected chi connectivity index (χ3v) is 5.26. The molecule has 32 heavy (non-hydrogen) atoms. The average Bonchev–Trinajstić information content (AvgIpc) is 3.22. The van der Waals surface area contributed by atoms with Crippen LogP contribution in [0.4, 0.5) is 0 Å². The Morgan fingerprint density at radius 3 is 1.03 bits per heavy atom. The first-order valence-corrected chi connectivity index (χ1v) is 9.84. The van der Waals surface area contributed by atoms with Crippen molar-refractivity contribution in [3.63, 3.8) is 0 Å². The van der Waals surface area contributed by atoms with Crippen molar-refractivity contribution < 1.29 is 28.9 Å². The quantitative estimate of drug-likeness (QED) is 0.560. The molecule has 2 aliphatic rings. The van der Waals surface area contributed by atoms with Crippen LogP contribution in [0, 0.1) is 0 Å². The minimum atomic E-state index is -0.489. The Morgan fingerprint density at radius 2 is 0.750 bits per heavy atom. The van der Waals surface area contributed by atoms with E-state index in [1.54, 1.807) is 72.8 Å². The SMILES string of the molecule is O=C1c2ccccc2C(=O)N1OCc1ccc(CON2C(=O)c3ccccc3C2=O)cc1. The molecule has 158 valence electrons. The molecule has 0 fully saturated rings. The lowest BCUT2D eigenvalue weighted by Gasteiger charge is -2.15. The Morgan fingerprint density at radius 1 is 0.469 bits per heavy atom. The van der Waals surface area contributed by atoms with Crippen molar-refractivity contribution in [1.82, 2.24) is 10.1 Å². The number of amides is 4. The van der Waals surface area contributed by atoms with Gasteiger partial charge in [-0.3, -0.25) is 28.9 Å². The van der Waals surface area contributed by atoms with Gasteiger partial charge in [0.25, 0.3) is 23.6 Å². The highest BCUT2D eigenvalue weighted by molar-refractivity contribution is 6.21. The Bertz CT molecular complexity index is 1100. The van der Waals surface area contributed by atoms with Gasteiger partial charge in [-0.2, -0.15) is 0 Å². The lowest BCUT2D eigenvalue weighted by atomic mass is 10.1. The predicted octanol–water partition coefficient (Wildman–Crippen LogP) is 3.14. The number of hydrogen-bond acceptors (Lipinski definition) is 6. The number of carbonyl (C=O) groups excluding carboxylic acids is 4. The summed E-state index contributed by atoms with van der Waals surface area (Å²) in [5, 5.41) is 1.54. The van der Waals surface area contributed by atoms with Crippen LogP contribution in [0.2, 0.25) is 0 Å². The van der Waals surface area contributed by atoms with Crippen molar-refractivity contribution in [2.24, 2.45) is 0 Å². The van der Waals surface area contributed by atoms with E-state index in [1.165, 1.54) is 0 Å². The molecule has 0 aliphatic carbocycles. The van der Waals surface area contributed by atoms with E-state index < -0.39 is 23.6 Å². The summed E-state index contributed by atoms with van der Waals surface area (Å²) in [6, 6.07) is 20.1. The molecule has 0 spiro atoms. The molecule has 3 aromatic rings. The maximum absolute atomic E-state index is 12.3. The molecule has 0 unspecified atom stereocenters. The molecule has 0 saturated heterocycles. The van der Waals surface area contributed by atoms with E-state index in [-0.39, 0.29) is 13.2 Å².